The zero-order valence-corrected chi connectivity index (χ0v) is 10.6. The van der Waals surface area contributed by atoms with Crippen LogP contribution in [-0.4, -0.2) is 41.8 Å². The quantitative estimate of drug-likeness (QED) is 0.640. The van der Waals surface area contributed by atoms with Crippen LogP contribution in [0.25, 0.3) is 0 Å². The molecule has 2 amide bonds. The van der Waals surface area contributed by atoms with Crippen molar-refractivity contribution >= 4 is 12.0 Å². The lowest BCUT2D eigenvalue weighted by Crippen LogP contribution is -2.60. The molecule has 1 fully saturated rings. The van der Waals surface area contributed by atoms with E-state index in [4.69, 9.17) is 0 Å². The van der Waals surface area contributed by atoms with E-state index < -0.39 is 17.5 Å². The average Bonchev–Trinajstić information content (AvgIpc) is 2.20. The molecule has 0 aromatic rings. The van der Waals surface area contributed by atoms with Crippen molar-refractivity contribution in [3.8, 4) is 0 Å². The number of nitrogens with zero attached hydrogens (tertiary/aromatic N) is 1. The second-order valence-corrected chi connectivity index (χ2v) is 5.03. The van der Waals surface area contributed by atoms with Crippen LogP contribution in [0.5, 0.6) is 0 Å². The van der Waals surface area contributed by atoms with Crippen LogP contribution in [-0.2, 0) is 4.79 Å². The van der Waals surface area contributed by atoms with E-state index in [1.807, 2.05) is 0 Å². The lowest BCUT2D eigenvalue weighted by atomic mass is 9.77. The topological polar surface area (TPSA) is 81.7 Å². The Morgan fingerprint density at radius 3 is 2.24 bits per heavy atom. The molecule has 3 N–H and O–H groups in total. The molecule has 0 aliphatic heterocycles. The number of carbonyl (C=O) groups is 2. The van der Waals surface area contributed by atoms with Crippen LogP contribution in [0.3, 0.4) is 0 Å². The molecule has 0 saturated heterocycles. The molecule has 0 spiro atoms. The molecule has 0 aromatic carbocycles. The molecular formula is C11H21N3O3. The minimum atomic E-state index is -1.10. The van der Waals surface area contributed by atoms with E-state index >= 15 is 0 Å². The lowest BCUT2D eigenvalue weighted by molar-refractivity contribution is -0.146. The second kappa shape index (κ2) is 5.35. The molecule has 0 aromatic heterocycles. The van der Waals surface area contributed by atoms with Crippen LogP contribution in [0, 0.1) is 5.92 Å². The molecule has 0 atom stereocenters. The van der Waals surface area contributed by atoms with Gasteiger partial charge < -0.3 is 10.4 Å². The van der Waals surface area contributed by atoms with Crippen LogP contribution < -0.4 is 10.7 Å². The second-order valence-electron chi connectivity index (χ2n) is 5.03. The third kappa shape index (κ3) is 3.59. The predicted octanol–water partition coefficient (Wildman–Crippen LogP) is 0.796. The summed E-state index contributed by atoms with van der Waals surface area (Å²) in [6.45, 7) is 2.10. The molecule has 17 heavy (non-hydrogen) atoms. The van der Waals surface area contributed by atoms with Gasteiger partial charge in [0.05, 0.1) is 0 Å². The molecule has 1 rings (SSSR count). The van der Waals surface area contributed by atoms with Gasteiger partial charge in [-0.3, -0.25) is 5.43 Å². The first-order chi connectivity index (χ1) is 7.85. The normalized spacial score (nSPS) is 28.8. The van der Waals surface area contributed by atoms with Crippen molar-refractivity contribution in [3.63, 3.8) is 0 Å². The van der Waals surface area contributed by atoms with Crippen LogP contribution >= 0.6 is 0 Å². The maximum absolute atomic E-state index is 11.6. The van der Waals surface area contributed by atoms with Crippen molar-refractivity contribution in [1.29, 1.82) is 0 Å². The minimum Gasteiger partial charge on any atom is -0.480 e. The van der Waals surface area contributed by atoms with Crippen molar-refractivity contribution < 1.29 is 14.7 Å². The summed E-state index contributed by atoms with van der Waals surface area (Å²) in [5.74, 6) is -0.417. The first-order valence-corrected chi connectivity index (χ1v) is 5.85. The van der Waals surface area contributed by atoms with Crippen molar-refractivity contribution in [1.82, 2.24) is 15.8 Å². The van der Waals surface area contributed by atoms with Gasteiger partial charge in [0.15, 0.2) is 0 Å². The Morgan fingerprint density at radius 2 is 1.82 bits per heavy atom. The van der Waals surface area contributed by atoms with Gasteiger partial charge in [-0.1, -0.05) is 6.92 Å². The molecule has 1 aliphatic carbocycles. The van der Waals surface area contributed by atoms with E-state index in [0.717, 1.165) is 12.8 Å². The smallest absolute Gasteiger partial charge is 0.330 e. The SMILES string of the molecule is CC1CCC(NC(=O)NN(C)C)(C(=O)O)CC1. The number of nitrogens with one attached hydrogen (secondary N) is 2. The summed E-state index contributed by atoms with van der Waals surface area (Å²) in [5, 5.41) is 13.4. The summed E-state index contributed by atoms with van der Waals surface area (Å²) in [4.78, 5) is 22.9. The average molecular weight is 243 g/mol. The molecule has 0 bridgehead atoms. The van der Waals surface area contributed by atoms with Gasteiger partial charge in [0.1, 0.15) is 5.54 Å². The first-order valence-electron chi connectivity index (χ1n) is 5.85. The van der Waals surface area contributed by atoms with Gasteiger partial charge >= 0.3 is 12.0 Å². The number of hydrogen-bond acceptors (Lipinski definition) is 3. The van der Waals surface area contributed by atoms with Crippen LogP contribution in [0.4, 0.5) is 4.79 Å². The van der Waals surface area contributed by atoms with Crippen LogP contribution in [0.1, 0.15) is 32.6 Å². The Bertz CT molecular complexity index is 296. The van der Waals surface area contributed by atoms with Gasteiger partial charge in [0, 0.05) is 14.1 Å². The van der Waals surface area contributed by atoms with Crippen molar-refractivity contribution in [2.45, 2.75) is 38.1 Å². The van der Waals surface area contributed by atoms with Crippen molar-refractivity contribution in [2.75, 3.05) is 14.1 Å². The molecular weight excluding hydrogens is 222 g/mol. The zero-order valence-electron chi connectivity index (χ0n) is 10.6. The third-order valence-corrected chi connectivity index (χ3v) is 3.22. The zero-order chi connectivity index (χ0) is 13.1. The third-order valence-electron chi connectivity index (χ3n) is 3.22. The summed E-state index contributed by atoms with van der Waals surface area (Å²) in [6.07, 6.45) is 2.64. The molecule has 0 unspecified atom stereocenters. The maximum atomic E-state index is 11.6. The van der Waals surface area contributed by atoms with Crippen LogP contribution in [0.2, 0.25) is 0 Å². The Morgan fingerprint density at radius 1 is 1.29 bits per heavy atom. The minimum absolute atomic E-state index is 0.466. The van der Waals surface area contributed by atoms with E-state index in [-0.39, 0.29) is 0 Å². The number of urea groups is 1. The summed E-state index contributed by atoms with van der Waals surface area (Å²) in [6, 6.07) is -0.466. The standard InChI is InChI=1S/C11H21N3O3/c1-8-4-6-11(7-5-8,9(15)16)12-10(17)13-14(2)3/h8H,4-7H2,1-3H3,(H,15,16)(H2,12,13,17). The number of carboxylic acids is 1. The van der Waals surface area contributed by atoms with Gasteiger partial charge in [-0.05, 0) is 31.6 Å². The Balaban J connectivity index is 2.66. The lowest BCUT2D eigenvalue weighted by Gasteiger charge is -2.36. The molecule has 6 nitrogen and oxygen atoms in total. The fraction of sp³-hybridized carbons (Fsp3) is 0.818. The van der Waals surface area contributed by atoms with E-state index in [0.29, 0.717) is 18.8 Å². The Kier molecular flexibility index (Phi) is 4.34. The highest BCUT2D eigenvalue weighted by atomic mass is 16.4. The molecule has 1 aliphatic rings. The van der Waals surface area contributed by atoms with Gasteiger partial charge in [0.2, 0.25) is 0 Å². The van der Waals surface area contributed by atoms with E-state index in [1.165, 1.54) is 5.01 Å². The summed E-state index contributed by atoms with van der Waals surface area (Å²) in [7, 11) is 3.35. The van der Waals surface area contributed by atoms with Crippen molar-refractivity contribution in [2.24, 2.45) is 5.92 Å². The fourth-order valence-electron chi connectivity index (χ4n) is 2.10. The number of rotatable bonds is 3. The number of aliphatic carboxylic acids is 1. The molecule has 0 heterocycles. The number of hydrazine groups is 1. The van der Waals surface area contributed by atoms with Crippen LogP contribution in [0.15, 0.2) is 0 Å². The van der Waals surface area contributed by atoms with E-state index in [1.54, 1.807) is 14.1 Å². The number of hydrogen-bond donors (Lipinski definition) is 3. The largest absolute Gasteiger partial charge is 0.480 e. The van der Waals surface area contributed by atoms with Gasteiger partial charge in [-0.2, -0.15) is 0 Å². The highest BCUT2D eigenvalue weighted by molar-refractivity contribution is 5.86. The van der Waals surface area contributed by atoms with Gasteiger partial charge in [-0.15, -0.1) is 0 Å². The predicted molar refractivity (Wildman–Crippen MR) is 63.4 cm³/mol. The fourth-order valence-corrected chi connectivity index (χ4v) is 2.10. The summed E-state index contributed by atoms with van der Waals surface area (Å²) >= 11 is 0. The molecule has 6 heteroatoms. The Labute approximate surface area is 101 Å². The maximum Gasteiger partial charge on any atom is 0.330 e. The summed E-state index contributed by atoms with van der Waals surface area (Å²) < 4.78 is 0. The highest BCUT2D eigenvalue weighted by Gasteiger charge is 2.42. The van der Waals surface area contributed by atoms with E-state index in [9.17, 15) is 14.7 Å². The van der Waals surface area contributed by atoms with E-state index in [2.05, 4.69) is 17.7 Å². The highest BCUT2D eigenvalue weighted by Crippen LogP contribution is 2.32. The summed E-state index contributed by atoms with van der Waals surface area (Å²) in [5.41, 5.74) is 1.40. The monoisotopic (exact) mass is 243 g/mol. The van der Waals surface area contributed by atoms with Gasteiger partial charge in [0.25, 0.3) is 0 Å². The molecule has 98 valence electrons. The van der Waals surface area contributed by atoms with Gasteiger partial charge in [-0.25, -0.2) is 14.6 Å². The Hall–Kier alpha value is -1.30. The molecule has 0 radical (unpaired) electrons. The number of carbonyl (C=O) groups excluding carboxylic acids is 1. The number of amides is 2. The number of carboxylic acid groups (broad SMARTS) is 1. The first kappa shape index (κ1) is 13.8. The van der Waals surface area contributed by atoms with Crippen molar-refractivity contribution in [3.05, 3.63) is 0 Å². The molecule has 1 saturated carbocycles.